The van der Waals surface area contributed by atoms with Gasteiger partial charge in [0.15, 0.2) is 0 Å². The third-order valence-corrected chi connectivity index (χ3v) is 5.65. The van der Waals surface area contributed by atoms with Gasteiger partial charge >= 0.3 is 6.18 Å². The summed E-state index contributed by atoms with van der Waals surface area (Å²) >= 11 is 1.24. The molecule has 0 aliphatic heterocycles. The smallest absolute Gasteiger partial charge is 0.419 e. The molecule has 155 valence electrons. The molecule has 0 spiro atoms. The highest BCUT2D eigenvalue weighted by Gasteiger charge is 2.35. The van der Waals surface area contributed by atoms with Crippen LogP contribution in [0.15, 0.2) is 24.4 Å². The fraction of sp³-hybridized carbons (Fsp3) is 0.524. The molecule has 1 atom stereocenters. The standard InChI is InChI=1S/C21H28F3N2OS/c1-4-5-6-7-8-9-12-27-17-11-10-15(13-16(17)21(22,23)24)18-14-26-19(28-18)20(2,3)25/h10-11,13-14H,2,4-9,12,25H2,1,3H3/t20-/m0/s1. The summed E-state index contributed by atoms with van der Waals surface area (Å²) in [5.74, 6) is -0.129. The molecule has 0 saturated carbocycles. The molecule has 1 radical (unpaired) electrons. The lowest BCUT2D eigenvalue weighted by Gasteiger charge is -2.15. The maximum Gasteiger partial charge on any atom is 0.419 e. The highest BCUT2D eigenvalue weighted by Crippen LogP contribution is 2.40. The van der Waals surface area contributed by atoms with Gasteiger partial charge in [-0.1, -0.05) is 39.0 Å². The van der Waals surface area contributed by atoms with E-state index >= 15 is 0 Å². The van der Waals surface area contributed by atoms with Crippen LogP contribution in [-0.2, 0) is 11.7 Å². The Morgan fingerprint density at radius 1 is 1.14 bits per heavy atom. The van der Waals surface area contributed by atoms with Crippen LogP contribution >= 0.6 is 11.3 Å². The molecule has 28 heavy (non-hydrogen) atoms. The first-order valence-corrected chi connectivity index (χ1v) is 10.4. The van der Waals surface area contributed by atoms with Gasteiger partial charge < -0.3 is 10.5 Å². The largest absolute Gasteiger partial charge is 0.493 e. The molecule has 2 N–H and O–H groups in total. The summed E-state index contributed by atoms with van der Waals surface area (Å²) in [5.41, 5.74) is 4.71. The number of rotatable bonds is 10. The van der Waals surface area contributed by atoms with E-state index in [9.17, 15) is 13.2 Å². The van der Waals surface area contributed by atoms with Crippen LogP contribution in [0.25, 0.3) is 10.4 Å². The Kier molecular flexibility index (Phi) is 7.89. The minimum atomic E-state index is -4.49. The Hall–Kier alpha value is -1.60. The van der Waals surface area contributed by atoms with Gasteiger partial charge in [-0.15, -0.1) is 11.3 Å². The molecule has 2 aromatic rings. The van der Waals surface area contributed by atoms with Crippen LogP contribution in [-0.4, -0.2) is 11.6 Å². The van der Waals surface area contributed by atoms with Crippen LogP contribution in [0, 0.1) is 6.92 Å². The van der Waals surface area contributed by atoms with Crippen molar-refractivity contribution in [1.82, 2.24) is 4.98 Å². The number of benzene rings is 1. The molecule has 0 amide bonds. The monoisotopic (exact) mass is 413 g/mol. The average molecular weight is 414 g/mol. The zero-order valence-corrected chi connectivity index (χ0v) is 17.3. The minimum absolute atomic E-state index is 0.129. The first-order valence-electron chi connectivity index (χ1n) is 9.58. The van der Waals surface area contributed by atoms with Crippen LogP contribution in [0.3, 0.4) is 0 Å². The van der Waals surface area contributed by atoms with Gasteiger partial charge in [-0.25, -0.2) is 4.98 Å². The van der Waals surface area contributed by atoms with E-state index in [1.54, 1.807) is 13.0 Å². The molecule has 1 aromatic carbocycles. The number of nitrogens with two attached hydrogens (primary N) is 1. The SMILES string of the molecule is [CH2][C@@](C)(N)c1ncc(-c2ccc(OCCCCCCCC)c(C(F)(F)F)c2)s1. The van der Waals surface area contributed by atoms with E-state index in [1.165, 1.54) is 36.4 Å². The molecule has 0 bridgehead atoms. The molecule has 3 nitrogen and oxygen atoms in total. The molecule has 1 aromatic heterocycles. The number of hydrogen-bond acceptors (Lipinski definition) is 4. The molecule has 0 aliphatic carbocycles. The number of alkyl halides is 3. The predicted octanol–water partition coefficient (Wildman–Crippen LogP) is 6.58. The zero-order valence-electron chi connectivity index (χ0n) is 16.4. The average Bonchev–Trinajstić information content (AvgIpc) is 3.11. The van der Waals surface area contributed by atoms with Crippen molar-refractivity contribution in [2.24, 2.45) is 5.73 Å². The summed E-state index contributed by atoms with van der Waals surface area (Å²) in [7, 11) is 0. The molecule has 0 fully saturated rings. The molecule has 2 rings (SSSR count). The maximum atomic E-state index is 13.5. The van der Waals surface area contributed by atoms with Gasteiger partial charge in [0.1, 0.15) is 10.8 Å². The van der Waals surface area contributed by atoms with Crippen molar-refractivity contribution < 1.29 is 17.9 Å². The number of halogens is 3. The van der Waals surface area contributed by atoms with Crippen molar-refractivity contribution in [1.29, 1.82) is 0 Å². The van der Waals surface area contributed by atoms with E-state index in [-0.39, 0.29) is 12.4 Å². The molecule has 0 aliphatic rings. The van der Waals surface area contributed by atoms with Crippen LogP contribution in [0.1, 0.15) is 62.9 Å². The molecule has 0 unspecified atom stereocenters. The van der Waals surface area contributed by atoms with Crippen LogP contribution in [0.5, 0.6) is 5.75 Å². The number of ether oxygens (including phenoxy) is 1. The summed E-state index contributed by atoms with van der Waals surface area (Å²) in [4.78, 5) is 4.80. The first-order chi connectivity index (χ1) is 13.1. The van der Waals surface area contributed by atoms with Crippen molar-refractivity contribution in [2.45, 2.75) is 64.1 Å². The normalized spacial score (nSPS) is 12.4. The second-order valence-corrected chi connectivity index (χ2v) is 8.30. The van der Waals surface area contributed by atoms with Crippen LogP contribution in [0.2, 0.25) is 0 Å². The highest BCUT2D eigenvalue weighted by atomic mass is 32.1. The number of unbranched alkanes of at least 4 members (excludes halogenated alkanes) is 5. The Bertz CT molecular complexity index is 751. The fourth-order valence-corrected chi connectivity index (χ4v) is 3.66. The quantitative estimate of drug-likeness (QED) is 0.448. The van der Waals surface area contributed by atoms with Crippen molar-refractivity contribution in [2.75, 3.05) is 6.61 Å². The van der Waals surface area contributed by atoms with Crippen molar-refractivity contribution in [3.05, 3.63) is 41.9 Å². The molecule has 7 heteroatoms. The highest BCUT2D eigenvalue weighted by molar-refractivity contribution is 7.15. The first kappa shape index (κ1) is 22.7. The third kappa shape index (κ3) is 6.48. The van der Waals surface area contributed by atoms with E-state index in [0.717, 1.165) is 31.7 Å². The third-order valence-electron chi connectivity index (χ3n) is 4.32. The fourth-order valence-electron chi connectivity index (χ4n) is 2.77. The Labute approximate surface area is 169 Å². The number of nitrogens with zero attached hydrogens (tertiary/aromatic N) is 1. The topological polar surface area (TPSA) is 48.1 Å². The zero-order chi connectivity index (χ0) is 20.8. The van der Waals surface area contributed by atoms with E-state index in [2.05, 4.69) is 18.8 Å². The number of hydrogen-bond donors (Lipinski definition) is 1. The van der Waals surface area contributed by atoms with Gasteiger partial charge in [-0.05, 0) is 44.0 Å². The van der Waals surface area contributed by atoms with Gasteiger partial charge in [0, 0.05) is 6.20 Å². The Morgan fingerprint density at radius 2 is 1.82 bits per heavy atom. The van der Waals surface area contributed by atoms with Crippen LogP contribution < -0.4 is 10.5 Å². The molecular formula is C21H28F3N2OS. The summed E-state index contributed by atoms with van der Waals surface area (Å²) in [6.07, 6.45) is 3.35. The summed E-state index contributed by atoms with van der Waals surface area (Å²) < 4.78 is 46.1. The van der Waals surface area contributed by atoms with Crippen LogP contribution in [0.4, 0.5) is 13.2 Å². The van der Waals surface area contributed by atoms with Gasteiger partial charge in [-0.3, -0.25) is 0 Å². The predicted molar refractivity (Wildman–Crippen MR) is 108 cm³/mol. The number of thiazole rings is 1. The van der Waals surface area contributed by atoms with Crippen molar-refractivity contribution in [3.63, 3.8) is 0 Å². The van der Waals surface area contributed by atoms with E-state index in [4.69, 9.17) is 10.5 Å². The lowest BCUT2D eigenvalue weighted by Crippen LogP contribution is -2.28. The van der Waals surface area contributed by atoms with Gasteiger partial charge in [-0.2, -0.15) is 13.2 Å². The molecule has 1 heterocycles. The van der Waals surface area contributed by atoms with Crippen molar-refractivity contribution in [3.8, 4) is 16.2 Å². The van der Waals surface area contributed by atoms with Gasteiger partial charge in [0.25, 0.3) is 0 Å². The summed E-state index contributed by atoms with van der Waals surface area (Å²) in [6.45, 7) is 7.94. The lowest BCUT2D eigenvalue weighted by molar-refractivity contribution is -0.138. The van der Waals surface area contributed by atoms with E-state index in [1.807, 2.05) is 0 Å². The van der Waals surface area contributed by atoms with Gasteiger partial charge in [0.05, 0.1) is 22.6 Å². The Morgan fingerprint density at radius 3 is 2.43 bits per heavy atom. The minimum Gasteiger partial charge on any atom is -0.493 e. The summed E-state index contributed by atoms with van der Waals surface area (Å²) in [5, 5.41) is 0.569. The summed E-state index contributed by atoms with van der Waals surface area (Å²) in [6, 6.07) is 4.13. The number of aromatic nitrogens is 1. The van der Waals surface area contributed by atoms with Gasteiger partial charge in [0.2, 0.25) is 0 Å². The van der Waals surface area contributed by atoms with E-state index < -0.39 is 17.3 Å². The Balaban J connectivity index is 2.10. The van der Waals surface area contributed by atoms with E-state index in [0.29, 0.717) is 15.4 Å². The molecule has 0 saturated heterocycles. The molecular weight excluding hydrogens is 385 g/mol. The lowest BCUT2D eigenvalue weighted by atomic mass is 10.1. The van der Waals surface area contributed by atoms with Crippen molar-refractivity contribution >= 4 is 11.3 Å². The second-order valence-electron chi connectivity index (χ2n) is 7.27. The second kappa shape index (κ2) is 9.74. The maximum absolute atomic E-state index is 13.5.